The Morgan fingerprint density at radius 2 is 1.86 bits per heavy atom. The number of allylic oxidation sites excluding steroid dienone is 3. The summed E-state index contributed by atoms with van der Waals surface area (Å²) in [5.41, 5.74) is 1.21. The zero-order valence-corrected chi connectivity index (χ0v) is 21.8. The number of amides is 1. The average molecular weight is 513 g/mol. The van der Waals surface area contributed by atoms with Gasteiger partial charge < -0.3 is 15.4 Å². The van der Waals surface area contributed by atoms with Gasteiger partial charge in [-0.1, -0.05) is 31.2 Å². The Bertz CT molecular complexity index is 1270. The summed E-state index contributed by atoms with van der Waals surface area (Å²) in [6.07, 6.45) is 7.92. The maximum atomic E-state index is 13.5. The number of ether oxygens (including phenoxy) is 1. The Hall–Kier alpha value is -3.53. The van der Waals surface area contributed by atoms with E-state index < -0.39 is 15.3 Å². The normalized spacial score (nSPS) is 18.4. The molecule has 0 saturated heterocycles. The van der Waals surface area contributed by atoms with Crippen LogP contribution in [0.4, 0.5) is 0 Å². The average Bonchev–Trinajstić information content (AvgIpc) is 2.89. The minimum atomic E-state index is -3.27. The molecule has 2 aromatic rings. The molecule has 36 heavy (non-hydrogen) atoms. The Labute approximate surface area is 212 Å². The largest absolute Gasteiger partial charge is 0.494 e. The summed E-state index contributed by atoms with van der Waals surface area (Å²) in [5.74, 6) is 0.697. The summed E-state index contributed by atoms with van der Waals surface area (Å²) in [7, 11) is 0.0400. The number of hydrogen-bond acceptors (Lipinski definition) is 8. The van der Waals surface area contributed by atoms with Crippen LogP contribution in [-0.4, -0.2) is 56.5 Å². The molecule has 1 atom stereocenters. The number of methoxy groups -OCH3 is 1. The third kappa shape index (κ3) is 5.99. The number of nitrogens with one attached hydrogen (secondary N) is 2. The predicted octanol–water partition coefficient (Wildman–Crippen LogP) is 2.29. The molecule has 9 nitrogen and oxygen atoms in total. The van der Waals surface area contributed by atoms with Gasteiger partial charge in [-0.3, -0.25) is 9.59 Å². The van der Waals surface area contributed by atoms with Gasteiger partial charge in [-0.05, 0) is 37.5 Å². The van der Waals surface area contributed by atoms with Crippen LogP contribution >= 0.6 is 0 Å². The Kier molecular flexibility index (Phi) is 8.62. The zero-order chi connectivity index (χ0) is 26.3. The molecular formula is C26H32N4O5S. The van der Waals surface area contributed by atoms with Gasteiger partial charge in [0.05, 0.1) is 42.0 Å². The van der Waals surface area contributed by atoms with Gasteiger partial charge in [-0.25, -0.2) is 18.4 Å². The highest BCUT2D eigenvalue weighted by Crippen LogP contribution is 2.37. The molecular weight excluding hydrogens is 480 g/mol. The minimum absolute atomic E-state index is 0.0274. The van der Waals surface area contributed by atoms with Crippen LogP contribution in [0.15, 0.2) is 65.0 Å². The molecule has 1 aromatic heterocycles. The smallest absolute Gasteiger partial charge is 0.224 e. The first-order valence-electron chi connectivity index (χ1n) is 11.7. The number of rotatable bonds is 10. The van der Waals surface area contributed by atoms with Crippen LogP contribution < -0.4 is 15.4 Å². The van der Waals surface area contributed by atoms with Crippen LogP contribution in [-0.2, 0) is 31.3 Å². The highest BCUT2D eigenvalue weighted by Gasteiger charge is 2.42. The van der Waals surface area contributed by atoms with Gasteiger partial charge in [0.1, 0.15) is 5.82 Å². The highest BCUT2D eigenvalue weighted by molar-refractivity contribution is 7.91. The summed E-state index contributed by atoms with van der Waals surface area (Å²) in [4.78, 5) is 34.8. The predicted molar refractivity (Wildman–Crippen MR) is 136 cm³/mol. The van der Waals surface area contributed by atoms with E-state index in [0.29, 0.717) is 35.6 Å². The number of Topliss-reactive ketones (excluding diaryl/α,β-unsaturated/α-hetero) is 1. The summed E-state index contributed by atoms with van der Waals surface area (Å²) >= 11 is 0. The number of carbonyl (C=O) groups is 2. The number of carbonyl (C=O) groups excluding carboxylic acids is 2. The van der Waals surface area contributed by atoms with Crippen LogP contribution in [0.5, 0.6) is 5.75 Å². The molecule has 10 heteroatoms. The van der Waals surface area contributed by atoms with Crippen molar-refractivity contribution < 1.29 is 22.7 Å². The van der Waals surface area contributed by atoms with Crippen LogP contribution in [0, 0.1) is 0 Å². The molecule has 1 aromatic carbocycles. The van der Waals surface area contributed by atoms with Gasteiger partial charge in [0, 0.05) is 24.9 Å². The molecule has 2 N–H and O–H groups in total. The lowest BCUT2D eigenvalue weighted by atomic mass is 9.72. The van der Waals surface area contributed by atoms with Crippen molar-refractivity contribution in [1.29, 1.82) is 0 Å². The van der Waals surface area contributed by atoms with Crippen LogP contribution in [0.3, 0.4) is 0 Å². The third-order valence-corrected chi connectivity index (χ3v) is 8.08. The second kappa shape index (κ2) is 11.5. The van der Waals surface area contributed by atoms with Crippen molar-refractivity contribution in [2.75, 3.05) is 26.5 Å². The SMILES string of the molecule is CCS(=O)(=O)c1ccc(CC(=O)NC/C=C\C2=C(NC)CCC(C)(c3ncc(OC)cn3)C2=O)cc1. The molecule has 1 aliphatic carbocycles. The lowest BCUT2D eigenvalue weighted by Gasteiger charge is -2.32. The summed E-state index contributed by atoms with van der Waals surface area (Å²) in [6.45, 7) is 3.68. The van der Waals surface area contributed by atoms with E-state index in [2.05, 4.69) is 20.6 Å². The van der Waals surface area contributed by atoms with E-state index in [0.717, 1.165) is 5.70 Å². The molecule has 0 aliphatic heterocycles. The first kappa shape index (κ1) is 27.1. The van der Waals surface area contributed by atoms with E-state index in [9.17, 15) is 18.0 Å². The summed E-state index contributed by atoms with van der Waals surface area (Å²) in [6, 6.07) is 6.33. The fraction of sp³-hybridized carbons (Fsp3) is 0.385. The van der Waals surface area contributed by atoms with Crippen molar-refractivity contribution >= 4 is 21.5 Å². The molecule has 1 aliphatic rings. The van der Waals surface area contributed by atoms with Crippen LogP contribution in [0.2, 0.25) is 0 Å². The standard InChI is InChI=1S/C26H32N4O5S/c1-5-36(33,34)20-10-8-18(9-11-20)15-23(31)28-14-6-7-21-22(27-3)12-13-26(2,24(21)32)25-29-16-19(35-4)17-30-25/h6-11,16-17,27H,5,12-15H2,1-4H3,(H,28,31)/b7-6-. The van der Waals surface area contributed by atoms with Crippen molar-refractivity contribution in [3.05, 3.63) is 71.5 Å². The van der Waals surface area contributed by atoms with Gasteiger partial charge in [-0.2, -0.15) is 0 Å². The van der Waals surface area contributed by atoms with E-state index in [-0.39, 0.29) is 35.3 Å². The van der Waals surface area contributed by atoms with Gasteiger partial charge >= 0.3 is 0 Å². The van der Waals surface area contributed by atoms with Crippen molar-refractivity contribution in [1.82, 2.24) is 20.6 Å². The third-order valence-electron chi connectivity index (χ3n) is 6.33. The molecule has 0 radical (unpaired) electrons. The zero-order valence-electron chi connectivity index (χ0n) is 21.0. The number of aromatic nitrogens is 2. The first-order valence-corrected chi connectivity index (χ1v) is 13.4. The number of benzene rings is 1. The van der Waals surface area contributed by atoms with Crippen molar-refractivity contribution in [3.8, 4) is 5.75 Å². The van der Waals surface area contributed by atoms with Crippen molar-refractivity contribution in [2.24, 2.45) is 0 Å². The van der Waals surface area contributed by atoms with Crippen molar-refractivity contribution in [3.63, 3.8) is 0 Å². The maximum absolute atomic E-state index is 13.5. The van der Waals surface area contributed by atoms with E-state index in [1.54, 1.807) is 50.6 Å². The number of sulfone groups is 1. The van der Waals surface area contributed by atoms with Gasteiger partial charge in [0.2, 0.25) is 5.91 Å². The Morgan fingerprint density at radius 3 is 2.44 bits per heavy atom. The molecule has 192 valence electrons. The molecule has 0 spiro atoms. The Morgan fingerprint density at radius 1 is 1.19 bits per heavy atom. The van der Waals surface area contributed by atoms with E-state index in [1.165, 1.54) is 19.2 Å². The van der Waals surface area contributed by atoms with E-state index in [1.807, 2.05) is 6.92 Å². The molecule has 1 unspecified atom stereocenters. The minimum Gasteiger partial charge on any atom is -0.494 e. The molecule has 1 amide bonds. The first-order chi connectivity index (χ1) is 17.1. The molecule has 0 saturated carbocycles. The molecule has 1 heterocycles. The maximum Gasteiger partial charge on any atom is 0.224 e. The lowest BCUT2D eigenvalue weighted by molar-refractivity contribution is -0.121. The van der Waals surface area contributed by atoms with E-state index in [4.69, 9.17) is 4.74 Å². The number of nitrogens with zero attached hydrogens (tertiary/aromatic N) is 2. The quantitative estimate of drug-likeness (QED) is 0.496. The Balaban J connectivity index is 1.63. The van der Waals surface area contributed by atoms with Gasteiger partial charge in [-0.15, -0.1) is 0 Å². The monoisotopic (exact) mass is 512 g/mol. The number of hydrogen-bond donors (Lipinski definition) is 2. The van der Waals surface area contributed by atoms with Crippen molar-refractivity contribution in [2.45, 2.75) is 43.4 Å². The molecule has 0 fully saturated rings. The van der Waals surface area contributed by atoms with Gasteiger partial charge in [0.15, 0.2) is 21.4 Å². The fourth-order valence-corrected chi connectivity index (χ4v) is 4.88. The molecule has 0 bridgehead atoms. The second-order valence-electron chi connectivity index (χ2n) is 8.68. The summed E-state index contributed by atoms with van der Waals surface area (Å²) in [5, 5.41) is 5.91. The van der Waals surface area contributed by atoms with Crippen LogP contribution in [0.1, 0.15) is 38.1 Å². The lowest BCUT2D eigenvalue weighted by Crippen LogP contribution is -2.40. The van der Waals surface area contributed by atoms with Gasteiger partial charge in [0.25, 0.3) is 0 Å². The molecule has 3 rings (SSSR count). The topological polar surface area (TPSA) is 127 Å². The summed E-state index contributed by atoms with van der Waals surface area (Å²) < 4.78 is 29.0. The highest BCUT2D eigenvalue weighted by atomic mass is 32.2. The van der Waals surface area contributed by atoms with E-state index >= 15 is 0 Å². The fourth-order valence-electron chi connectivity index (χ4n) is 3.99. The van der Waals surface area contributed by atoms with Crippen LogP contribution in [0.25, 0.3) is 0 Å². The second-order valence-corrected chi connectivity index (χ2v) is 11.0. The number of ketones is 1.